The molecule has 0 bridgehead atoms. The lowest BCUT2D eigenvalue weighted by molar-refractivity contribution is -0.164. The molecule has 0 radical (unpaired) electrons. The Kier molecular flexibility index (Phi) is 8.33. The lowest BCUT2D eigenvalue weighted by Crippen LogP contribution is -2.49. The van der Waals surface area contributed by atoms with Crippen LogP contribution in [0.1, 0.15) is 51.2 Å². The Labute approximate surface area is 206 Å². The van der Waals surface area contributed by atoms with Gasteiger partial charge in [0, 0.05) is 12.5 Å². The van der Waals surface area contributed by atoms with Crippen molar-refractivity contribution in [2.75, 3.05) is 19.8 Å². The molecule has 1 aliphatic rings. The molecule has 2 aromatic rings. The van der Waals surface area contributed by atoms with Crippen molar-refractivity contribution < 1.29 is 28.6 Å². The third-order valence-corrected chi connectivity index (χ3v) is 5.69. The highest BCUT2D eigenvalue weighted by Gasteiger charge is 2.37. The van der Waals surface area contributed by atoms with Crippen LogP contribution in [0.2, 0.25) is 0 Å². The number of carbonyl (C=O) groups excluding carboxylic acids is 3. The number of esters is 2. The van der Waals surface area contributed by atoms with E-state index in [2.05, 4.69) is 18.7 Å². The van der Waals surface area contributed by atoms with Crippen LogP contribution in [0.15, 0.2) is 61.2 Å². The third kappa shape index (κ3) is 6.29. The second kappa shape index (κ2) is 11.2. The molecular formula is C28H33NO6. The van der Waals surface area contributed by atoms with Crippen molar-refractivity contribution in [3.63, 3.8) is 0 Å². The van der Waals surface area contributed by atoms with Crippen LogP contribution in [0.3, 0.4) is 0 Å². The van der Waals surface area contributed by atoms with E-state index in [1.165, 1.54) is 11.0 Å². The number of likely N-dealkylation sites (N-methyl/N-ethyl adjacent to an activating group) is 1. The highest BCUT2D eigenvalue weighted by atomic mass is 16.6. The van der Waals surface area contributed by atoms with Gasteiger partial charge < -0.3 is 14.2 Å². The number of rotatable bonds is 9. The maximum absolute atomic E-state index is 13.2. The summed E-state index contributed by atoms with van der Waals surface area (Å²) in [6.45, 7) is 10.7. The number of hydrogen-bond acceptors (Lipinski definition) is 6. The van der Waals surface area contributed by atoms with E-state index < -0.39 is 29.7 Å². The first-order chi connectivity index (χ1) is 16.7. The third-order valence-electron chi connectivity index (χ3n) is 5.69. The topological polar surface area (TPSA) is 82.1 Å². The lowest BCUT2D eigenvalue weighted by Gasteiger charge is -2.31. The number of ether oxygens (including phenoxy) is 3. The zero-order chi connectivity index (χ0) is 25.6. The molecule has 0 aliphatic heterocycles. The number of benzene rings is 2. The smallest absolute Gasteiger partial charge is 0.410 e. The zero-order valence-corrected chi connectivity index (χ0v) is 20.8. The standard InChI is InChI=1S/C28H33NO6/c1-6-16-33-25(30)17-24(26(31)35-28(3,4)5)29(7-2)27(32)34-18-23-21-14-10-8-12-19(21)20-13-9-11-15-22(20)23/h6,8-15,23-24H,1,7,16-18H2,2-5H3. The van der Waals surface area contributed by atoms with E-state index in [4.69, 9.17) is 14.2 Å². The average Bonchev–Trinajstić information content (AvgIpc) is 3.14. The van der Waals surface area contributed by atoms with Crippen LogP contribution in [-0.4, -0.2) is 54.3 Å². The molecule has 0 heterocycles. The van der Waals surface area contributed by atoms with Crippen molar-refractivity contribution in [1.29, 1.82) is 0 Å². The normalized spacial score (nSPS) is 13.3. The molecule has 0 aromatic heterocycles. The molecule has 186 valence electrons. The highest BCUT2D eigenvalue weighted by Crippen LogP contribution is 2.44. The van der Waals surface area contributed by atoms with E-state index in [1.807, 2.05) is 36.4 Å². The van der Waals surface area contributed by atoms with Gasteiger partial charge in [-0.05, 0) is 49.9 Å². The van der Waals surface area contributed by atoms with Crippen LogP contribution < -0.4 is 0 Å². The largest absolute Gasteiger partial charge is 0.461 e. The van der Waals surface area contributed by atoms with Gasteiger partial charge in [-0.25, -0.2) is 9.59 Å². The lowest BCUT2D eigenvalue weighted by atomic mass is 9.98. The molecule has 1 unspecified atom stereocenters. The van der Waals surface area contributed by atoms with Gasteiger partial charge in [0.1, 0.15) is 24.9 Å². The fraction of sp³-hybridized carbons (Fsp3) is 0.393. The Morgan fingerprint density at radius 3 is 2.09 bits per heavy atom. The van der Waals surface area contributed by atoms with Crippen LogP contribution in [0, 0.1) is 0 Å². The molecule has 0 fully saturated rings. The van der Waals surface area contributed by atoms with Gasteiger partial charge >= 0.3 is 18.0 Å². The van der Waals surface area contributed by atoms with Gasteiger partial charge in [-0.2, -0.15) is 0 Å². The molecular weight excluding hydrogens is 446 g/mol. The first-order valence-electron chi connectivity index (χ1n) is 11.8. The van der Waals surface area contributed by atoms with Crippen molar-refractivity contribution in [1.82, 2.24) is 4.90 Å². The van der Waals surface area contributed by atoms with Gasteiger partial charge in [0.25, 0.3) is 0 Å². The maximum atomic E-state index is 13.2. The summed E-state index contributed by atoms with van der Waals surface area (Å²) < 4.78 is 16.3. The van der Waals surface area contributed by atoms with Crippen molar-refractivity contribution in [2.45, 2.75) is 51.7 Å². The highest BCUT2D eigenvalue weighted by molar-refractivity contribution is 5.86. The van der Waals surface area contributed by atoms with Gasteiger partial charge in [-0.15, -0.1) is 0 Å². The minimum absolute atomic E-state index is 0.0109. The van der Waals surface area contributed by atoms with Crippen LogP contribution in [-0.2, 0) is 23.8 Å². The summed E-state index contributed by atoms with van der Waals surface area (Å²) in [5.74, 6) is -1.45. The molecule has 0 saturated carbocycles. The molecule has 0 spiro atoms. The minimum atomic E-state index is -1.17. The number of nitrogens with zero attached hydrogens (tertiary/aromatic N) is 1. The molecule has 1 atom stereocenters. The molecule has 2 aromatic carbocycles. The maximum Gasteiger partial charge on any atom is 0.410 e. The molecule has 3 rings (SSSR count). The Balaban J connectivity index is 1.78. The molecule has 7 nitrogen and oxygen atoms in total. The van der Waals surface area contributed by atoms with Crippen molar-refractivity contribution >= 4 is 18.0 Å². The van der Waals surface area contributed by atoms with Gasteiger partial charge in [-0.1, -0.05) is 61.2 Å². The summed E-state index contributed by atoms with van der Waals surface area (Å²) in [5.41, 5.74) is 3.62. The van der Waals surface area contributed by atoms with Crippen molar-refractivity contribution in [3.8, 4) is 11.1 Å². The molecule has 1 aliphatic carbocycles. The molecule has 0 N–H and O–H groups in total. The predicted molar refractivity (Wildman–Crippen MR) is 133 cm³/mol. The van der Waals surface area contributed by atoms with Gasteiger partial charge in [0.15, 0.2) is 0 Å². The van der Waals surface area contributed by atoms with E-state index in [-0.39, 0.29) is 32.1 Å². The summed E-state index contributed by atoms with van der Waals surface area (Å²) in [6.07, 6.45) is 0.395. The molecule has 1 amide bonds. The zero-order valence-electron chi connectivity index (χ0n) is 20.8. The summed E-state index contributed by atoms with van der Waals surface area (Å²) in [6, 6.07) is 14.9. The fourth-order valence-electron chi connectivity index (χ4n) is 4.21. The van der Waals surface area contributed by atoms with E-state index >= 15 is 0 Å². The van der Waals surface area contributed by atoms with E-state index in [0.29, 0.717) is 0 Å². The van der Waals surface area contributed by atoms with Crippen LogP contribution >= 0.6 is 0 Å². The number of carbonyl (C=O) groups is 3. The van der Waals surface area contributed by atoms with Crippen LogP contribution in [0.4, 0.5) is 4.79 Å². The first kappa shape index (κ1) is 26.0. The van der Waals surface area contributed by atoms with Crippen LogP contribution in [0.5, 0.6) is 0 Å². The summed E-state index contributed by atoms with van der Waals surface area (Å²) in [5, 5.41) is 0. The number of amides is 1. The van der Waals surface area contributed by atoms with Crippen LogP contribution in [0.25, 0.3) is 11.1 Å². The second-order valence-corrected chi connectivity index (χ2v) is 9.32. The van der Waals surface area contributed by atoms with Gasteiger partial charge in [0.2, 0.25) is 0 Å². The molecule has 0 saturated heterocycles. The van der Waals surface area contributed by atoms with E-state index in [9.17, 15) is 14.4 Å². The quantitative estimate of drug-likeness (QED) is 0.283. The van der Waals surface area contributed by atoms with Gasteiger partial charge in [0.05, 0.1) is 6.42 Å². The Morgan fingerprint density at radius 1 is 1.00 bits per heavy atom. The number of fused-ring (bicyclic) bond motifs is 3. The van der Waals surface area contributed by atoms with Gasteiger partial charge in [-0.3, -0.25) is 9.69 Å². The summed E-state index contributed by atoms with van der Waals surface area (Å²) in [7, 11) is 0. The SMILES string of the molecule is C=CCOC(=O)CC(C(=O)OC(C)(C)C)N(CC)C(=O)OCC1c2ccccc2-c2ccccc21. The van der Waals surface area contributed by atoms with E-state index in [0.717, 1.165) is 22.3 Å². The molecule has 7 heteroatoms. The monoisotopic (exact) mass is 479 g/mol. The van der Waals surface area contributed by atoms with Crippen molar-refractivity contribution in [3.05, 3.63) is 72.3 Å². The number of hydrogen-bond donors (Lipinski definition) is 0. The predicted octanol–water partition coefficient (Wildman–Crippen LogP) is 5.09. The Bertz CT molecular complexity index is 1040. The Hall–Kier alpha value is -3.61. The Morgan fingerprint density at radius 2 is 1.57 bits per heavy atom. The second-order valence-electron chi connectivity index (χ2n) is 9.32. The molecule has 35 heavy (non-hydrogen) atoms. The minimum Gasteiger partial charge on any atom is -0.461 e. The fourth-order valence-corrected chi connectivity index (χ4v) is 4.21. The average molecular weight is 480 g/mol. The van der Waals surface area contributed by atoms with E-state index in [1.54, 1.807) is 27.7 Å². The first-order valence-corrected chi connectivity index (χ1v) is 11.8. The summed E-state index contributed by atoms with van der Waals surface area (Å²) in [4.78, 5) is 39.7. The van der Waals surface area contributed by atoms with Crippen molar-refractivity contribution in [2.24, 2.45) is 0 Å². The summed E-state index contributed by atoms with van der Waals surface area (Å²) >= 11 is 0.